The van der Waals surface area contributed by atoms with E-state index in [1.165, 1.54) is 38.5 Å². The maximum Gasteiger partial charge on any atom is 0.126 e. The first kappa shape index (κ1) is 15.0. The van der Waals surface area contributed by atoms with Crippen LogP contribution in [0.4, 0.5) is 4.39 Å². The standard InChI is InChI=1S/C18H27FN2/c1-13-8-9-15(11-16(13)19)18(12-20)21-10-4-6-14-5-2-3-7-17(14)21/h8-9,11,14,17-18H,2-7,10,12,20H2,1H3. The van der Waals surface area contributed by atoms with Crippen molar-refractivity contribution in [3.05, 3.63) is 35.1 Å². The zero-order chi connectivity index (χ0) is 14.8. The lowest BCUT2D eigenvalue weighted by atomic mass is 9.77. The van der Waals surface area contributed by atoms with Gasteiger partial charge in [-0.05, 0) is 62.3 Å². The summed E-state index contributed by atoms with van der Waals surface area (Å²) in [4.78, 5) is 2.58. The average molecular weight is 290 g/mol. The number of fused-ring (bicyclic) bond motifs is 1. The molecule has 0 amide bonds. The molecule has 1 aliphatic carbocycles. The number of nitrogens with two attached hydrogens (primary N) is 1. The highest BCUT2D eigenvalue weighted by Crippen LogP contribution is 2.39. The van der Waals surface area contributed by atoms with Crippen LogP contribution in [0, 0.1) is 18.7 Å². The van der Waals surface area contributed by atoms with E-state index in [0.717, 1.165) is 18.0 Å². The summed E-state index contributed by atoms with van der Waals surface area (Å²) in [5.74, 6) is 0.722. The summed E-state index contributed by atoms with van der Waals surface area (Å²) in [7, 11) is 0. The average Bonchev–Trinajstić information content (AvgIpc) is 2.52. The number of piperidine rings is 1. The third kappa shape index (κ3) is 3.00. The predicted molar refractivity (Wildman–Crippen MR) is 84.6 cm³/mol. The Balaban J connectivity index is 1.85. The fourth-order valence-electron chi connectivity index (χ4n) is 4.33. The number of benzene rings is 1. The van der Waals surface area contributed by atoms with E-state index in [9.17, 15) is 4.39 Å². The fraction of sp³-hybridized carbons (Fsp3) is 0.667. The topological polar surface area (TPSA) is 29.3 Å². The Morgan fingerprint density at radius 3 is 2.76 bits per heavy atom. The summed E-state index contributed by atoms with van der Waals surface area (Å²) in [5.41, 5.74) is 7.84. The van der Waals surface area contributed by atoms with Crippen LogP contribution >= 0.6 is 0 Å². The number of nitrogens with zero attached hydrogens (tertiary/aromatic N) is 1. The van der Waals surface area contributed by atoms with Gasteiger partial charge in [0.1, 0.15) is 5.82 Å². The van der Waals surface area contributed by atoms with Crippen molar-refractivity contribution < 1.29 is 4.39 Å². The van der Waals surface area contributed by atoms with Crippen molar-refractivity contribution in [2.75, 3.05) is 13.1 Å². The molecule has 3 unspecified atom stereocenters. The molecule has 0 aromatic heterocycles. The van der Waals surface area contributed by atoms with Crippen LogP contribution in [0.25, 0.3) is 0 Å². The van der Waals surface area contributed by atoms with E-state index in [0.29, 0.717) is 18.2 Å². The Hall–Kier alpha value is -0.930. The van der Waals surface area contributed by atoms with Crippen molar-refractivity contribution in [2.24, 2.45) is 11.7 Å². The Morgan fingerprint density at radius 1 is 1.24 bits per heavy atom. The molecule has 0 bridgehead atoms. The van der Waals surface area contributed by atoms with E-state index in [-0.39, 0.29) is 11.9 Å². The van der Waals surface area contributed by atoms with Gasteiger partial charge in [-0.1, -0.05) is 25.0 Å². The van der Waals surface area contributed by atoms with Gasteiger partial charge < -0.3 is 5.73 Å². The van der Waals surface area contributed by atoms with E-state index in [2.05, 4.69) is 11.0 Å². The summed E-state index contributed by atoms with van der Waals surface area (Å²) in [5, 5.41) is 0. The predicted octanol–water partition coefficient (Wildman–Crippen LogP) is 3.79. The van der Waals surface area contributed by atoms with E-state index in [1.54, 1.807) is 6.07 Å². The molecule has 2 N–H and O–H groups in total. The number of hydrogen-bond donors (Lipinski definition) is 1. The minimum atomic E-state index is -0.108. The first-order valence-electron chi connectivity index (χ1n) is 8.42. The SMILES string of the molecule is Cc1ccc(C(CN)N2CCCC3CCCCC32)cc1F. The number of likely N-dealkylation sites (tertiary alicyclic amines) is 1. The molecule has 1 aromatic carbocycles. The quantitative estimate of drug-likeness (QED) is 0.917. The van der Waals surface area contributed by atoms with Gasteiger partial charge >= 0.3 is 0 Å². The summed E-state index contributed by atoms with van der Waals surface area (Å²) < 4.78 is 13.9. The monoisotopic (exact) mass is 290 g/mol. The number of rotatable bonds is 3. The van der Waals surface area contributed by atoms with Gasteiger partial charge in [-0.15, -0.1) is 0 Å². The minimum Gasteiger partial charge on any atom is -0.329 e. The molecular formula is C18H27FN2. The second-order valence-electron chi connectivity index (χ2n) is 6.75. The Labute approximate surface area is 127 Å². The first-order chi connectivity index (χ1) is 10.2. The van der Waals surface area contributed by atoms with E-state index >= 15 is 0 Å². The van der Waals surface area contributed by atoms with Gasteiger partial charge in [-0.3, -0.25) is 4.90 Å². The molecule has 21 heavy (non-hydrogen) atoms. The zero-order valence-corrected chi connectivity index (χ0v) is 13.0. The van der Waals surface area contributed by atoms with Crippen molar-refractivity contribution in [2.45, 2.75) is 57.5 Å². The molecule has 1 heterocycles. The Kier molecular flexibility index (Phi) is 4.60. The van der Waals surface area contributed by atoms with Crippen LogP contribution in [0.3, 0.4) is 0 Å². The zero-order valence-electron chi connectivity index (χ0n) is 13.0. The van der Waals surface area contributed by atoms with Crippen LogP contribution in [-0.2, 0) is 0 Å². The van der Waals surface area contributed by atoms with Gasteiger partial charge in [0.15, 0.2) is 0 Å². The van der Waals surface area contributed by atoms with Crippen molar-refractivity contribution in [3.63, 3.8) is 0 Å². The van der Waals surface area contributed by atoms with Crippen molar-refractivity contribution in [1.29, 1.82) is 0 Å². The van der Waals surface area contributed by atoms with Crippen LogP contribution < -0.4 is 5.73 Å². The third-order valence-corrected chi connectivity index (χ3v) is 5.49. The summed E-state index contributed by atoms with van der Waals surface area (Å²) in [6.45, 7) is 3.50. The Bertz CT molecular complexity index is 486. The summed E-state index contributed by atoms with van der Waals surface area (Å²) in [6.07, 6.45) is 7.97. The van der Waals surface area contributed by atoms with Crippen LogP contribution in [0.5, 0.6) is 0 Å². The number of halogens is 1. The summed E-state index contributed by atoms with van der Waals surface area (Å²) >= 11 is 0. The fourth-order valence-corrected chi connectivity index (χ4v) is 4.33. The van der Waals surface area contributed by atoms with E-state index in [1.807, 2.05) is 13.0 Å². The number of hydrogen-bond acceptors (Lipinski definition) is 2. The van der Waals surface area contributed by atoms with Crippen LogP contribution in [0.2, 0.25) is 0 Å². The molecule has 2 fully saturated rings. The molecule has 2 nitrogen and oxygen atoms in total. The molecule has 3 atom stereocenters. The lowest BCUT2D eigenvalue weighted by molar-refractivity contribution is 0.0275. The molecule has 116 valence electrons. The largest absolute Gasteiger partial charge is 0.329 e. The molecule has 1 aromatic rings. The van der Waals surface area contributed by atoms with Gasteiger partial charge in [0.25, 0.3) is 0 Å². The second kappa shape index (κ2) is 6.45. The molecular weight excluding hydrogens is 263 g/mol. The van der Waals surface area contributed by atoms with Crippen molar-refractivity contribution >= 4 is 0 Å². The highest BCUT2D eigenvalue weighted by molar-refractivity contribution is 5.26. The van der Waals surface area contributed by atoms with Gasteiger partial charge in [-0.2, -0.15) is 0 Å². The van der Waals surface area contributed by atoms with Crippen LogP contribution in [-0.4, -0.2) is 24.0 Å². The third-order valence-electron chi connectivity index (χ3n) is 5.49. The molecule has 2 aliphatic rings. The van der Waals surface area contributed by atoms with Crippen LogP contribution in [0.15, 0.2) is 18.2 Å². The molecule has 3 rings (SSSR count). The van der Waals surface area contributed by atoms with Gasteiger partial charge in [-0.25, -0.2) is 4.39 Å². The molecule has 0 spiro atoms. The molecule has 1 saturated heterocycles. The molecule has 0 radical (unpaired) electrons. The maximum atomic E-state index is 13.9. The Morgan fingerprint density at radius 2 is 2.00 bits per heavy atom. The first-order valence-corrected chi connectivity index (χ1v) is 8.42. The van der Waals surface area contributed by atoms with E-state index in [4.69, 9.17) is 5.73 Å². The molecule has 1 saturated carbocycles. The highest BCUT2D eigenvalue weighted by atomic mass is 19.1. The van der Waals surface area contributed by atoms with E-state index < -0.39 is 0 Å². The smallest absolute Gasteiger partial charge is 0.126 e. The maximum absolute atomic E-state index is 13.9. The normalized spacial score (nSPS) is 28.1. The lowest BCUT2D eigenvalue weighted by Gasteiger charge is -2.47. The molecule has 3 heteroatoms. The summed E-state index contributed by atoms with van der Waals surface area (Å²) in [6, 6.07) is 6.47. The van der Waals surface area contributed by atoms with Gasteiger partial charge in [0.2, 0.25) is 0 Å². The minimum absolute atomic E-state index is 0.108. The van der Waals surface area contributed by atoms with Gasteiger partial charge in [0, 0.05) is 18.6 Å². The lowest BCUT2D eigenvalue weighted by Crippen LogP contribution is -2.50. The van der Waals surface area contributed by atoms with Gasteiger partial charge in [0.05, 0.1) is 0 Å². The second-order valence-corrected chi connectivity index (χ2v) is 6.75. The molecule has 1 aliphatic heterocycles. The highest BCUT2D eigenvalue weighted by Gasteiger charge is 2.36. The van der Waals surface area contributed by atoms with Crippen LogP contribution in [0.1, 0.15) is 55.7 Å². The van der Waals surface area contributed by atoms with Crippen molar-refractivity contribution in [1.82, 2.24) is 4.90 Å². The van der Waals surface area contributed by atoms with Crippen molar-refractivity contribution in [3.8, 4) is 0 Å². The number of aryl methyl sites for hydroxylation is 1.